The Morgan fingerprint density at radius 2 is 1.76 bits per heavy atom. The van der Waals surface area contributed by atoms with Gasteiger partial charge in [-0.2, -0.15) is 0 Å². The molecule has 216 valence electrons. The summed E-state index contributed by atoms with van der Waals surface area (Å²) >= 11 is 6.71. The quantitative estimate of drug-likeness (QED) is 0.0418. The zero-order chi connectivity index (χ0) is 29.6. The van der Waals surface area contributed by atoms with Crippen molar-refractivity contribution in [3.8, 4) is 5.75 Å². The van der Waals surface area contributed by atoms with Crippen molar-refractivity contribution >= 4 is 94.0 Å². The Kier molecular flexibility index (Phi) is 14.1. The van der Waals surface area contributed by atoms with Gasteiger partial charge in [-0.3, -0.25) is 4.99 Å². The van der Waals surface area contributed by atoms with Crippen LogP contribution in [0.5, 0.6) is 5.75 Å². The third-order valence-corrected chi connectivity index (χ3v) is 13.1. The van der Waals surface area contributed by atoms with Crippen LogP contribution in [-0.2, 0) is 14.0 Å². The van der Waals surface area contributed by atoms with Crippen molar-refractivity contribution < 1.29 is 24.2 Å². The molecule has 1 rings (SSSR count). The molecule has 0 saturated carbocycles. The van der Waals surface area contributed by atoms with Crippen LogP contribution < -0.4 is 4.74 Å². The van der Waals surface area contributed by atoms with E-state index in [1.807, 2.05) is 33.0 Å². The Morgan fingerprint density at radius 3 is 2.21 bits per heavy atom. The Balaban J connectivity index is 3.67. The number of aliphatic hydroxyl groups is 1. The lowest BCUT2D eigenvalue weighted by molar-refractivity contribution is -0.137. The van der Waals surface area contributed by atoms with Crippen LogP contribution in [0.2, 0.25) is 18.1 Å². The van der Waals surface area contributed by atoms with Crippen molar-refractivity contribution in [2.45, 2.75) is 103 Å². The largest absolute Gasteiger partial charge is 0.506 e. The maximum atomic E-state index is 13.1. The number of rotatable bonds is 12. The van der Waals surface area contributed by atoms with Gasteiger partial charge in [0.05, 0.1) is 25.9 Å². The maximum Gasteiger partial charge on any atom is 0.343 e. The highest BCUT2D eigenvalue weighted by molar-refractivity contribution is 14.1. The summed E-state index contributed by atoms with van der Waals surface area (Å²) in [5, 5.41) is 11.3. The molecule has 0 bridgehead atoms. The van der Waals surface area contributed by atoms with Gasteiger partial charge in [0.2, 0.25) is 0 Å². The van der Waals surface area contributed by atoms with Gasteiger partial charge in [0.15, 0.2) is 8.32 Å². The van der Waals surface area contributed by atoms with Gasteiger partial charge >= 0.3 is 5.97 Å². The lowest BCUT2D eigenvalue weighted by Crippen LogP contribution is -2.40. The van der Waals surface area contributed by atoms with Crippen LogP contribution in [0.15, 0.2) is 16.6 Å². The molecule has 6 nitrogen and oxygen atoms in total. The first-order valence-corrected chi connectivity index (χ1v) is 19.5. The van der Waals surface area contributed by atoms with E-state index in [4.69, 9.17) is 14.5 Å². The van der Waals surface area contributed by atoms with E-state index in [-0.39, 0.29) is 40.5 Å². The van der Waals surface area contributed by atoms with Gasteiger partial charge in [0.1, 0.15) is 17.1 Å². The Labute approximate surface area is 271 Å². The molecule has 0 saturated heterocycles. The van der Waals surface area contributed by atoms with Crippen LogP contribution in [0.4, 0.5) is 0 Å². The summed E-state index contributed by atoms with van der Waals surface area (Å²) in [6, 6.07) is 1.73. The number of hydrogen-bond acceptors (Lipinski definition) is 6. The normalized spacial score (nSPS) is 14.6. The predicted molar refractivity (Wildman–Crippen MR) is 186 cm³/mol. The highest BCUT2D eigenvalue weighted by Gasteiger charge is 2.39. The monoisotopic (exact) mass is 883 g/mol. The molecule has 1 aromatic carbocycles. The summed E-state index contributed by atoms with van der Waals surface area (Å²) in [4.78, 5) is 28.7. The molecule has 10 heteroatoms. The van der Waals surface area contributed by atoms with E-state index in [0.29, 0.717) is 9.99 Å². The molecule has 0 spiro atoms. The summed E-state index contributed by atoms with van der Waals surface area (Å²) in [7, 11) is -2.37. The second kappa shape index (κ2) is 14.8. The standard InChI is InChI=1S/C28H44I3NO5Si/c1-11-36-26(34)20(16-32-22(27(4,5)6)12-13-28(7,8)38(9,10)35)24(33)18-14-21(30)25(37-17(2)3)23(31)19(18)15-29/h14,16-17,22,33,35H,11-13,15H2,1-10H3/t22-/m1/s1. The molecule has 0 heterocycles. The number of aliphatic hydroxyl groups excluding tert-OH is 1. The Morgan fingerprint density at radius 1 is 1.18 bits per heavy atom. The van der Waals surface area contributed by atoms with Crippen LogP contribution in [0.25, 0.3) is 5.76 Å². The maximum absolute atomic E-state index is 13.1. The number of hydrogen-bond donors (Lipinski definition) is 2. The minimum Gasteiger partial charge on any atom is -0.506 e. The minimum absolute atomic E-state index is 0.00897. The van der Waals surface area contributed by atoms with Crippen LogP contribution in [0.3, 0.4) is 0 Å². The highest BCUT2D eigenvalue weighted by atomic mass is 127. The molecule has 0 amide bonds. The first kappa shape index (κ1) is 36.1. The van der Waals surface area contributed by atoms with E-state index in [9.17, 15) is 14.7 Å². The summed E-state index contributed by atoms with van der Waals surface area (Å²) in [6.07, 6.45) is 3.04. The number of alkyl halides is 1. The van der Waals surface area contributed by atoms with E-state index in [2.05, 4.69) is 102 Å². The van der Waals surface area contributed by atoms with Gasteiger partial charge in [0, 0.05) is 16.2 Å². The molecule has 38 heavy (non-hydrogen) atoms. The van der Waals surface area contributed by atoms with E-state index < -0.39 is 14.3 Å². The summed E-state index contributed by atoms with van der Waals surface area (Å²) < 4.78 is 13.7. The zero-order valence-electron chi connectivity index (χ0n) is 24.3. The first-order chi connectivity index (χ1) is 17.3. The number of benzene rings is 1. The fraction of sp³-hybridized carbons (Fsp3) is 0.643. The molecular formula is C28H44I3NO5Si. The molecule has 0 aromatic heterocycles. The van der Waals surface area contributed by atoms with Crippen LogP contribution in [0, 0.1) is 12.6 Å². The lowest BCUT2D eigenvalue weighted by Gasteiger charge is -2.37. The number of carbonyl (C=O) groups is 1. The molecule has 0 fully saturated rings. The molecule has 0 unspecified atom stereocenters. The van der Waals surface area contributed by atoms with Crippen molar-refractivity contribution in [2.75, 3.05) is 6.61 Å². The van der Waals surface area contributed by atoms with Gasteiger partial charge in [-0.05, 0) is 114 Å². The van der Waals surface area contributed by atoms with E-state index in [1.165, 1.54) is 6.21 Å². The lowest BCUT2D eigenvalue weighted by atomic mass is 9.83. The third-order valence-electron chi connectivity index (χ3n) is 6.85. The summed E-state index contributed by atoms with van der Waals surface area (Å²) in [5.41, 5.74) is 1.31. The second-order valence-corrected chi connectivity index (χ2v) is 19.4. The van der Waals surface area contributed by atoms with Gasteiger partial charge in [-0.15, -0.1) is 0 Å². The van der Waals surface area contributed by atoms with E-state index in [1.54, 1.807) is 6.92 Å². The van der Waals surface area contributed by atoms with E-state index in [0.717, 1.165) is 31.3 Å². The topological polar surface area (TPSA) is 88.4 Å². The molecular weight excluding hydrogens is 839 g/mol. The van der Waals surface area contributed by atoms with Crippen LogP contribution >= 0.6 is 67.8 Å². The van der Waals surface area contributed by atoms with Crippen molar-refractivity contribution in [1.29, 1.82) is 0 Å². The van der Waals surface area contributed by atoms with Crippen LogP contribution in [-0.4, -0.2) is 49.2 Å². The van der Waals surface area contributed by atoms with Crippen molar-refractivity contribution in [1.82, 2.24) is 0 Å². The number of esters is 1. The summed E-state index contributed by atoms with van der Waals surface area (Å²) in [5.74, 6) is 0.0155. The molecule has 1 atom stereocenters. The van der Waals surface area contributed by atoms with Crippen molar-refractivity contribution in [3.63, 3.8) is 0 Å². The van der Waals surface area contributed by atoms with Gasteiger partial charge in [0.25, 0.3) is 0 Å². The predicted octanol–water partition coefficient (Wildman–Crippen LogP) is 8.69. The fourth-order valence-electron chi connectivity index (χ4n) is 3.59. The molecule has 1 aromatic rings. The second-order valence-electron chi connectivity index (χ2n) is 12.0. The average Bonchev–Trinajstić information content (AvgIpc) is 2.76. The first-order valence-electron chi connectivity index (χ1n) is 12.9. The zero-order valence-corrected chi connectivity index (χ0v) is 31.8. The minimum atomic E-state index is -2.37. The molecule has 0 aliphatic carbocycles. The average molecular weight is 883 g/mol. The number of halogens is 3. The van der Waals surface area contributed by atoms with Gasteiger partial charge in [-0.1, -0.05) is 57.2 Å². The number of aliphatic imine (C=N–C) groups is 1. The highest BCUT2D eigenvalue weighted by Crippen LogP contribution is 2.42. The van der Waals surface area contributed by atoms with Gasteiger partial charge < -0.3 is 19.4 Å². The van der Waals surface area contributed by atoms with Crippen LogP contribution in [0.1, 0.15) is 79.4 Å². The number of nitrogens with zero attached hydrogens (tertiary/aromatic N) is 1. The SMILES string of the molecule is CCOC(=O)C(C=N[C@H](CCC(C)(C)[Si](C)(C)O)C(C)(C)C)=C(O)c1cc(I)c(OC(C)C)c(I)c1CI. The van der Waals surface area contributed by atoms with Crippen molar-refractivity contribution in [2.24, 2.45) is 10.4 Å². The van der Waals surface area contributed by atoms with E-state index >= 15 is 0 Å². The molecule has 0 radical (unpaired) electrons. The molecule has 0 aliphatic rings. The fourth-order valence-corrected chi connectivity index (χ4v) is 7.99. The summed E-state index contributed by atoms with van der Waals surface area (Å²) in [6.45, 7) is 20.4. The molecule has 2 N–H and O–H groups in total. The third kappa shape index (κ3) is 9.86. The smallest absolute Gasteiger partial charge is 0.343 e. The molecule has 0 aliphatic heterocycles. The van der Waals surface area contributed by atoms with Crippen molar-refractivity contribution in [3.05, 3.63) is 29.9 Å². The number of ether oxygens (including phenoxy) is 2. The van der Waals surface area contributed by atoms with Gasteiger partial charge in [-0.25, -0.2) is 4.79 Å². The number of carbonyl (C=O) groups excluding carboxylic acids is 1. The Bertz CT molecular complexity index is 1040. The Hall–Kier alpha value is 0.0669.